The number of sulfonamides is 1. The van der Waals surface area contributed by atoms with Crippen molar-refractivity contribution < 1.29 is 17.6 Å². The molecule has 1 aromatic rings. The third-order valence-corrected chi connectivity index (χ3v) is 5.28. The van der Waals surface area contributed by atoms with Crippen LogP contribution in [0.4, 0.5) is 0 Å². The van der Waals surface area contributed by atoms with Crippen molar-refractivity contribution in [2.24, 2.45) is 0 Å². The second-order valence-electron chi connectivity index (χ2n) is 5.32. The minimum absolute atomic E-state index is 0.0261. The van der Waals surface area contributed by atoms with E-state index in [1.165, 1.54) is 16.4 Å². The van der Waals surface area contributed by atoms with Crippen LogP contribution in [-0.2, 0) is 10.0 Å². The van der Waals surface area contributed by atoms with Crippen LogP contribution in [0.25, 0.3) is 0 Å². The number of furan rings is 1. The Kier molecular flexibility index (Phi) is 5.15. The molecule has 1 fully saturated rings. The van der Waals surface area contributed by atoms with E-state index in [2.05, 4.69) is 9.80 Å². The van der Waals surface area contributed by atoms with Crippen molar-refractivity contribution in [1.82, 2.24) is 14.1 Å². The summed E-state index contributed by atoms with van der Waals surface area (Å²) in [6.45, 7) is 4.16. The summed E-state index contributed by atoms with van der Waals surface area (Å²) in [5, 5.41) is -0.161. The van der Waals surface area contributed by atoms with E-state index in [9.17, 15) is 13.2 Å². The van der Waals surface area contributed by atoms with Crippen molar-refractivity contribution >= 4 is 16.3 Å². The van der Waals surface area contributed by atoms with Crippen LogP contribution in [0.1, 0.15) is 10.6 Å². The van der Waals surface area contributed by atoms with E-state index < -0.39 is 10.0 Å². The summed E-state index contributed by atoms with van der Waals surface area (Å²) in [6, 6.07) is 2.70. The standard InChI is InChI=1S/C13H21N3O4S/c1-14(2)5-6-15-7-9-16(10-8-15)21(18,19)13-4-3-12(11-17)20-13/h3-4,11H,5-10H2,1-2H3. The Hall–Kier alpha value is -1.22. The lowest BCUT2D eigenvalue weighted by atomic mass is 10.3. The molecular weight excluding hydrogens is 294 g/mol. The van der Waals surface area contributed by atoms with Gasteiger partial charge in [-0.1, -0.05) is 0 Å². The summed E-state index contributed by atoms with van der Waals surface area (Å²) in [6.07, 6.45) is 0.498. The number of hydrogen-bond donors (Lipinski definition) is 0. The number of carbonyl (C=O) groups is 1. The minimum Gasteiger partial charge on any atom is -0.440 e. The Balaban J connectivity index is 1.96. The molecule has 7 nitrogen and oxygen atoms in total. The van der Waals surface area contributed by atoms with Gasteiger partial charge in [0.2, 0.25) is 5.09 Å². The maximum atomic E-state index is 12.4. The van der Waals surface area contributed by atoms with Crippen molar-refractivity contribution in [2.45, 2.75) is 5.09 Å². The maximum Gasteiger partial charge on any atom is 0.276 e. The van der Waals surface area contributed by atoms with Crippen molar-refractivity contribution in [1.29, 1.82) is 0 Å². The first kappa shape index (κ1) is 16.2. The molecule has 0 unspecified atom stereocenters. The van der Waals surface area contributed by atoms with Gasteiger partial charge in [0.1, 0.15) is 0 Å². The minimum atomic E-state index is -3.64. The lowest BCUT2D eigenvalue weighted by Crippen LogP contribution is -2.49. The quantitative estimate of drug-likeness (QED) is 0.686. The number of carbonyl (C=O) groups excluding carboxylic acids is 1. The fourth-order valence-electron chi connectivity index (χ4n) is 2.20. The first-order valence-electron chi connectivity index (χ1n) is 6.86. The first-order valence-corrected chi connectivity index (χ1v) is 8.30. The second kappa shape index (κ2) is 6.69. The number of hydrogen-bond acceptors (Lipinski definition) is 6. The molecular formula is C13H21N3O4S. The van der Waals surface area contributed by atoms with Gasteiger partial charge >= 0.3 is 0 Å². The van der Waals surface area contributed by atoms with Gasteiger partial charge in [0.25, 0.3) is 10.0 Å². The van der Waals surface area contributed by atoms with E-state index in [1.54, 1.807) is 0 Å². The summed E-state index contributed by atoms with van der Waals surface area (Å²) in [5.74, 6) is 0.0261. The molecule has 0 atom stereocenters. The Bertz CT molecular complexity index is 574. The van der Waals surface area contributed by atoms with Gasteiger partial charge in [-0.05, 0) is 26.2 Å². The van der Waals surface area contributed by atoms with Gasteiger partial charge in [0, 0.05) is 39.3 Å². The van der Waals surface area contributed by atoms with Gasteiger partial charge in [0.15, 0.2) is 12.0 Å². The topological polar surface area (TPSA) is 74.1 Å². The zero-order valence-electron chi connectivity index (χ0n) is 12.4. The van der Waals surface area contributed by atoms with Gasteiger partial charge < -0.3 is 9.32 Å². The third kappa shape index (κ3) is 3.91. The van der Waals surface area contributed by atoms with E-state index in [0.29, 0.717) is 32.5 Å². The predicted octanol–water partition coefficient (Wildman–Crippen LogP) is -0.0400. The SMILES string of the molecule is CN(C)CCN1CCN(S(=O)(=O)c2ccc(C=O)o2)CC1. The molecule has 118 valence electrons. The van der Waals surface area contributed by atoms with Crippen LogP contribution in [0.3, 0.4) is 0 Å². The maximum absolute atomic E-state index is 12.4. The zero-order chi connectivity index (χ0) is 15.5. The lowest BCUT2D eigenvalue weighted by molar-refractivity contribution is 0.109. The van der Waals surface area contributed by atoms with E-state index in [-0.39, 0.29) is 10.9 Å². The molecule has 0 aliphatic carbocycles. The third-order valence-electron chi connectivity index (χ3n) is 3.51. The number of piperazine rings is 1. The molecule has 8 heteroatoms. The summed E-state index contributed by atoms with van der Waals surface area (Å²) in [5.41, 5.74) is 0. The molecule has 0 amide bonds. The van der Waals surface area contributed by atoms with Crippen LogP contribution >= 0.6 is 0 Å². The molecule has 0 radical (unpaired) electrons. The molecule has 1 aliphatic rings. The molecule has 0 N–H and O–H groups in total. The molecule has 0 spiro atoms. The first-order chi connectivity index (χ1) is 9.93. The highest BCUT2D eigenvalue weighted by Crippen LogP contribution is 2.19. The number of nitrogens with zero attached hydrogens (tertiary/aromatic N) is 3. The van der Waals surface area contributed by atoms with E-state index in [4.69, 9.17) is 4.42 Å². The van der Waals surface area contributed by atoms with Gasteiger partial charge in [0.05, 0.1) is 0 Å². The molecule has 1 saturated heterocycles. The van der Waals surface area contributed by atoms with Gasteiger partial charge in [-0.3, -0.25) is 9.69 Å². The molecule has 2 heterocycles. The second-order valence-corrected chi connectivity index (χ2v) is 7.19. The van der Waals surface area contributed by atoms with Crippen LogP contribution in [0.2, 0.25) is 0 Å². The van der Waals surface area contributed by atoms with Crippen molar-refractivity contribution in [3.63, 3.8) is 0 Å². The van der Waals surface area contributed by atoms with Crippen LogP contribution in [-0.4, -0.2) is 82.2 Å². The molecule has 0 saturated carbocycles. The fraction of sp³-hybridized carbons (Fsp3) is 0.615. The monoisotopic (exact) mass is 315 g/mol. The van der Waals surface area contributed by atoms with E-state index in [0.717, 1.165) is 13.1 Å². The zero-order valence-corrected chi connectivity index (χ0v) is 13.2. The molecule has 0 bridgehead atoms. The normalized spacial score (nSPS) is 18.2. The average molecular weight is 315 g/mol. The van der Waals surface area contributed by atoms with Gasteiger partial charge in [-0.2, -0.15) is 4.31 Å². The highest BCUT2D eigenvalue weighted by atomic mass is 32.2. The Morgan fingerprint density at radius 2 is 1.90 bits per heavy atom. The Labute approximate surface area is 125 Å². The summed E-state index contributed by atoms with van der Waals surface area (Å²) >= 11 is 0. The number of likely N-dealkylation sites (N-methyl/N-ethyl adjacent to an activating group) is 1. The van der Waals surface area contributed by atoms with Gasteiger partial charge in [-0.25, -0.2) is 8.42 Å². The van der Waals surface area contributed by atoms with Crippen LogP contribution < -0.4 is 0 Å². The van der Waals surface area contributed by atoms with Crippen molar-refractivity contribution in [2.75, 3.05) is 53.4 Å². The highest BCUT2D eigenvalue weighted by Gasteiger charge is 2.30. The van der Waals surface area contributed by atoms with Crippen LogP contribution in [0.5, 0.6) is 0 Å². The molecule has 1 aliphatic heterocycles. The van der Waals surface area contributed by atoms with E-state index >= 15 is 0 Å². The Morgan fingerprint density at radius 3 is 2.43 bits per heavy atom. The van der Waals surface area contributed by atoms with Gasteiger partial charge in [-0.15, -0.1) is 0 Å². The smallest absolute Gasteiger partial charge is 0.276 e. The predicted molar refractivity (Wildman–Crippen MR) is 77.8 cm³/mol. The lowest BCUT2D eigenvalue weighted by Gasteiger charge is -2.33. The molecule has 21 heavy (non-hydrogen) atoms. The summed E-state index contributed by atoms with van der Waals surface area (Å²) < 4.78 is 31.2. The molecule has 2 rings (SSSR count). The highest BCUT2D eigenvalue weighted by molar-refractivity contribution is 7.89. The summed E-state index contributed by atoms with van der Waals surface area (Å²) in [4.78, 5) is 14.9. The van der Waals surface area contributed by atoms with Crippen molar-refractivity contribution in [3.05, 3.63) is 17.9 Å². The van der Waals surface area contributed by atoms with Crippen LogP contribution in [0.15, 0.2) is 21.6 Å². The van der Waals surface area contributed by atoms with Crippen LogP contribution in [0, 0.1) is 0 Å². The number of aldehydes is 1. The number of rotatable bonds is 6. The summed E-state index contributed by atoms with van der Waals surface area (Å²) in [7, 11) is 0.397. The molecule has 0 aromatic carbocycles. The molecule has 1 aromatic heterocycles. The Morgan fingerprint density at radius 1 is 1.24 bits per heavy atom. The van der Waals surface area contributed by atoms with Crippen molar-refractivity contribution in [3.8, 4) is 0 Å². The fourth-order valence-corrected chi connectivity index (χ4v) is 3.54. The average Bonchev–Trinajstić information content (AvgIpc) is 2.95. The van der Waals surface area contributed by atoms with E-state index in [1.807, 2.05) is 14.1 Å². The largest absolute Gasteiger partial charge is 0.440 e.